The number of aliphatic hydroxyl groups excluding tert-OH is 1. The summed E-state index contributed by atoms with van der Waals surface area (Å²) in [5.41, 5.74) is 0.324. The first-order valence-corrected chi connectivity index (χ1v) is 3.36. The van der Waals surface area contributed by atoms with Crippen LogP contribution in [0.4, 0.5) is 0 Å². The van der Waals surface area contributed by atoms with Crippen LogP contribution >= 0.6 is 11.5 Å². The standard InChI is InChI=1S/C5H5NO3S/c7-1-4-3(5(8)9)2-10-6-4/h2,7H,1H2,(H,8,9). The van der Waals surface area contributed by atoms with E-state index in [0.717, 1.165) is 11.5 Å². The average Bonchev–Trinajstić information content (AvgIpc) is 2.33. The van der Waals surface area contributed by atoms with Gasteiger partial charge in [0.2, 0.25) is 0 Å². The summed E-state index contributed by atoms with van der Waals surface area (Å²) in [4.78, 5) is 10.3. The molecule has 54 valence electrons. The number of hydrogen-bond donors (Lipinski definition) is 2. The lowest BCUT2D eigenvalue weighted by Gasteiger charge is -1.89. The predicted octanol–water partition coefficient (Wildman–Crippen LogP) is 0.334. The average molecular weight is 159 g/mol. The van der Waals surface area contributed by atoms with Crippen molar-refractivity contribution in [1.29, 1.82) is 0 Å². The van der Waals surface area contributed by atoms with Crippen molar-refractivity contribution in [2.45, 2.75) is 6.61 Å². The van der Waals surface area contributed by atoms with Gasteiger partial charge < -0.3 is 10.2 Å². The molecular weight excluding hydrogens is 154 g/mol. The van der Waals surface area contributed by atoms with E-state index in [0.29, 0.717) is 0 Å². The minimum atomic E-state index is -1.04. The number of hydrogen-bond acceptors (Lipinski definition) is 4. The van der Waals surface area contributed by atoms with Crippen molar-refractivity contribution in [1.82, 2.24) is 4.37 Å². The first kappa shape index (κ1) is 7.17. The highest BCUT2D eigenvalue weighted by Crippen LogP contribution is 2.09. The highest BCUT2D eigenvalue weighted by molar-refractivity contribution is 7.03. The molecule has 1 aromatic heterocycles. The Morgan fingerprint density at radius 1 is 1.80 bits per heavy atom. The summed E-state index contributed by atoms with van der Waals surface area (Å²) in [6.07, 6.45) is 0. The fourth-order valence-corrected chi connectivity index (χ4v) is 1.23. The number of nitrogens with zero attached hydrogens (tertiary/aromatic N) is 1. The Morgan fingerprint density at radius 3 is 2.90 bits per heavy atom. The molecule has 0 spiro atoms. The van der Waals surface area contributed by atoms with Crippen LogP contribution in [0, 0.1) is 0 Å². The summed E-state index contributed by atoms with van der Waals surface area (Å²) in [7, 11) is 0. The normalized spacial score (nSPS) is 9.70. The van der Waals surface area contributed by atoms with E-state index < -0.39 is 5.97 Å². The molecule has 0 saturated heterocycles. The van der Waals surface area contributed by atoms with E-state index in [4.69, 9.17) is 10.2 Å². The van der Waals surface area contributed by atoms with Gasteiger partial charge in [-0.2, -0.15) is 4.37 Å². The molecule has 0 aliphatic carbocycles. The van der Waals surface area contributed by atoms with Crippen molar-refractivity contribution in [3.05, 3.63) is 16.6 Å². The third-order valence-corrected chi connectivity index (χ3v) is 1.69. The van der Waals surface area contributed by atoms with Crippen molar-refractivity contribution < 1.29 is 15.0 Å². The Hall–Kier alpha value is -0.940. The van der Waals surface area contributed by atoms with Crippen LogP contribution in [-0.4, -0.2) is 20.6 Å². The number of aromatic nitrogens is 1. The summed E-state index contributed by atoms with van der Waals surface area (Å²) in [6, 6.07) is 0. The summed E-state index contributed by atoms with van der Waals surface area (Å²) in [5.74, 6) is -1.04. The molecule has 0 amide bonds. The molecule has 10 heavy (non-hydrogen) atoms. The maximum atomic E-state index is 10.3. The Bertz CT molecular complexity index is 245. The summed E-state index contributed by atoms with van der Waals surface area (Å²) >= 11 is 1.03. The van der Waals surface area contributed by atoms with Crippen LogP contribution in [0.15, 0.2) is 5.38 Å². The van der Waals surface area contributed by atoms with Crippen LogP contribution in [0.1, 0.15) is 16.1 Å². The fraction of sp³-hybridized carbons (Fsp3) is 0.200. The predicted molar refractivity (Wildman–Crippen MR) is 35.0 cm³/mol. The molecule has 0 atom stereocenters. The molecule has 0 saturated carbocycles. The van der Waals surface area contributed by atoms with Gasteiger partial charge in [0.25, 0.3) is 0 Å². The first-order valence-electron chi connectivity index (χ1n) is 2.53. The van der Waals surface area contributed by atoms with Crippen LogP contribution in [-0.2, 0) is 6.61 Å². The quantitative estimate of drug-likeness (QED) is 0.652. The molecule has 0 aliphatic rings. The lowest BCUT2D eigenvalue weighted by Crippen LogP contribution is -1.99. The molecule has 0 fully saturated rings. The second-order valence-corrected chi connectivity index (χ2v) is 2.27. The molecule has 4 nitrogen and oxygen atoms in total. The zero-order chi connectivity index (χ0) is 7.56. The van der Waals surface area contributed by atoms with Crippen LogP contribution in [0.25, 0.3) is 0 Å². The van der Waals surface area contributed by atoms with E-state index in [2.05, 4.69) is 4.37 Å². The van der Waals surface area contributed by atoms with Crippen LogP contribution in [0.3, 0.4) is 0 Å². The van der Waals surface area contributed by atoms with Gasteiger partial charge in [-0.1, -0.05) is 0 Å². The molecule has 0 aliphatic heterocycles. The fourth-order valence-electron chi connectivity index (χ4n) is 0.548. The van der Waals surface area contributed by atoms with Gasteiger partial charge in [0.1, 0.15) is 0 Å². The van der Waals surface area contributed by atoms with Crippen molar-refractivity contribution in [2.24, 2.45) is 0 Å². The molecular formula is C5H5NO3S. The second kappa shape index (κ2) is 2.76. The maximum Gasteiger partial charge on any atom is 0.338 e. The lowest BCUT2D eigenvalue weighted by atomic mass is 10.3. The molecule has 0 bridgehead atoms. The largest absolute Gasteiger partial charge is 0.478 e. The molecule has 0 radical (unpaired) electrons. The van der Waals surface area contributed by atoms with Gasteiger partial charge in [0.15, 0.2) is 0 Å². The summed E-state index contributed by atoms with van der Waals surface area (Å²) in [6.45, 7) is -0.314. The van der Waals surface area contributed by atoms with Gasteiger partial charge in [-0.05, 0) is 11.5 Å². The minimum Gasteiger partial charge on any atom is -0.478 e. The molecule has 1 heterocycles. The van der Waals surface area contributed by atoms with Gasteiger partial charge in [-0.3, -0.25) is 0 Å². The number of aromatic carboxylic acids is 1. The third-order valence-electron chi connectivity index (χ3n) is 1.02. The molecule has 1 rings (SSSR count). The molecule has 1 aromatic rings. The van der Waals surface area contributed by atoms with E-state index in [1.165, 1.54) is 5.38 Å². The Morgan fingerprint density at radius 2 is 2.50 bits per heavy atom. The SMILES string of the molecule is O=C(O)c1csnc1CO. The molecule has 5 heteroatoms. The maximum absolute atomic E-state index is 10.3. The van der Waals surface area contributed by atoms with Crippen LogP contribution < -0.4 is 0 Å². The monoisotopic (exact) mass is 159 g/mol. The molecule has 2 N–H and O–H groups in total. The van der Waals surface area contributed by atoms with Crippen molar-refractivity contribution in [3.8, 4) is 0 Å². The van der Waals surface area contributed by atoms with E-state index in [1.807, 2.05) is 0 Å². The smallest absolute Gasteiger partial charge is 0.338 e. The zero-order valence-electron chi connectivity index (χ0n) is 4.94. The van der Waals surface area contributed by atoms with Crippen molar-refractivity contribution in [2.75, 3.05) is 0 Å². The third kappa shape index (κ3) is 1.14. The van der Waals surface area contributed by atoms with E-state index >= 15 is 0 Å². The number of carbonyl (C=O) groups is 1. The van der Waals surface area contributed by atoms with Crippen LogP contribution in [0.5, 0.6) is 0 Å². The van der Waals surface area contributed by atoms with Gasteiger partial charge in [0, 0.05) is 5.38 Å². The van der Waals surface area contributed by atoms with Gasteiger partial charge >= 0.3 is 5.97 Å². The van der Waals surface area contributed by atoms with Gasteiger partial charge in [-0.25, -0.2) is 4.79 Å². The topological polar surface area (TPSA) is 70.4 Å². The van der Waals surface area contributed by atoms with E-state index in [-0.39, 0.29) is 17.9 Å². The summed E-state index contributed by atoms with van der Waals surface area (Å²) < 4.78 is 3.67. The molecule has 0 aromatic carbocycles. The zero-order valence-corrected chi connectivity index (χ0v) is 5.76. The van der Waals surface area contributed by atoms with E-state index in [9.17, 15) is 4.79 Å². The van der Waals surface area contributed by atoms with Gasteiger partial charge in [-0.15, -0.1) is 0 Å². The minimum absolute atomic E-state index is 0.0903. The lowest BCUT2D eigenvalue weighted by molar-refractivity contribution is 0.0693. The number of carboxylic acids is 1. The number of aliphatic hydroxyl groups is 1. The Kier molecular flexibility index (Phi) is 1.98. The van der Waals surface area contributed by atoms with E-state index in [1.54, 1.807) is 0 Å². The Labute approximate surface area is 60.9 Å². The summed E-state index contributed by atoms with van der Waals surface area (Å²) in [5, 5.41) is 18.4. The Balaban J connectivity index is 3.01. The van der Waals surface area contributed by atoms with Gasteiger partial charge in [0.05, 0.1) is 17.9 Å². The number of rotatable bonds is 2. The first-order chi connectivity index (χ1) is 4.75. The second-order valence-electron chi connectivity index (χ2n) is 1.64. The van der Waals surface area contributed by atoms with Crippen molar-refractivity contribution in [3.63, 3.8) is 0 Å². The molecule has 0 unspecified atom stereocenters. The highest BCUT2D eigenvalue weighted by Gasteiger charge is 2.10. The van der Waals surface area contributed by atoms with Crippen LogP contribution in [0.2, 0.25) is 0 Å². The highest BCUT2D eigenvalue weighted by atomic mass is 32.1. The number of carboxylic acid groups (broad SMARTS) is 1. The van der Waals surface area contributed by atoms with Crippen molar-refractivity contribution >= 4 is 17.5 Å².